The van der Waals surface area contributed by atoms with Crippen LogP contribution >= 0.6 is 0 Å². The van der Waals surface area contributed by atoms with E-state index >= 15 is 0 Å². The Bertz CT molecular complexity index is 709. The number of ketones is 1. The molecule has 0 fully saturated rings. The minimum Gasteiger partial charge on any atom is -0.399 e. The van der Waals surface area contributed by atoms with Gasteiger partial charge in [-0.3, -0.25) is 9.59 Å². The lowest BCUT2D eigenvalue weighted by Crippen LogP contribution is -2.08. The Morgan fingerprint density at radius 1 is 1.14 bits per heavy atom. The van der Waals surface area contributed by atoms with Crippen LogP contribution in [0.15, 0.2) is 36.4 Å². The molecule has 21 heavy (non-hydrogen) atoms. The Labute approximate surface area is 121 Å². The van der Waals surface area contributed by atoms with E-state index in [0.717, 1.165) is 0 Å². The first-order valence-electron chi connectivity index (χ1n) is 6.36. The standard InChI is InChI=1S/C16H15FN2O2/c1-9-7-12(18)8-14(15(9)17)16(21)11-3-5-13(6-4-11)19-10(2)20/h3-8H,18H2,1-2H3,(H,19,20). The van der Waals surface area contributed by atoms with Crippen molar-refractivity contribution in [1.29, 1.82) is 0 Å². The molecule has 0 aliphatic heterocycles. The van der Waals surface area contributed by atoms with Crippen LogP contribution in [0.1, 0.15) is 28.4 Å². The number of benzene rings is 2. The van der Waals surface area contributed by atoms with Gasteiger partial charge in [-0.25, -0.2) is 4.39 Å². The lowest BCUT2D eigenvalue weighted by atomic mass is 10.00. The summed E-state index contributed by atoms with van der Waals surface area (Å²) in [5.74, 6) is -1.22. The van der Waals surface area contributed by atoms with Crippen molar-refractivity contribution in [2.24, 2.45) is 0 Å². The van der Waals surface area contributed by atoms with Gasteiger partial charge in [-0.1, -0.05) is 0 Å². The summed E-state index contributed by atoms with van der Waals surface area (Å²) in [6, 6.07) is 9.05. The zero-order chi connectivity index (χ0) is 15.6. The lowest BCUT2D eigenvalue weighted by molar-refractivity contribution is -0.114. The van der Waals surface area contributed by atoms with Gasteiger partial charge in [0, 0.05) is 23.9 Å². The number of nitrogens with one attached hydrogen (secondary N) is 1. The molecule has 0 unspecified atom stereocenters. The minimum atomic E-state index is -0.569. The van der Waals surface area contributed by atoms with Gasteiger partial charge in [-0.15, -0.1) is 0 Å². The second-order valence-corrected chi connectivity index (χ2v) is 4.79. The number of rotatable bonds is 3. The molecule has 2 aromatic rings. The molecular formula is C16H15FN2O2. The summed E-state index contributed by atoms with van der Waals surface area (Å²) in [6.45, 7) is 2.95. The molecule has 4 nitrogen and oxygen atoms in total. The van der Waals surface area contributed by atoms with Crippen LogP contribution in [-0.2, 0) is 4.79 Å². The van der Waals surface area contributed by atoms with Crippen LogP contribution in [0.25, 0.3) is 0 Å². The van der Waals surface area contributed by atoms with Crippen LogP contribution in [-0.4, -0.2) is 11.7 Å². The van der Waals surface area contributed by atoms with E-state index in [1.165, 1.54) is 31.2 Å². The molecular weight excluding hydrogens is 271 g/mol. The van der Waals surface area contributed by atoms with Crippen LogP contribution in [0, 0.1) is 12.7 Å². The molecule has 0 bridgehead atoms. The fourth-order valence-electron chi connectivity index (χ4n) is 2.03. The van der Waals surface area contributed by atoms with E-state index in [9.17, 15) is 14.0 Å². The number of hydrogen-bond donors (Lipinski definition) is 2. The van der Waals surface area contributed by atoms with E-state index in [2.05, 4.69) is 5.32 Å². The summed E-state index contributed by atoms with van der Waals surface area (Å²) in [4.78, 5) is 23.3. The summed E-state index contributed by atoms with van der Waals surface area (Å²) < 4.78 is 14.0. The molecule has 0 radical (unpaired) electrons. The Hall–Kier alpha value is -2.69. The molecule has 0 saturated carbocycles. The van der Waals surface area contributed by atoms with Crippen molar-refractivity contribution in [2.75, 3.05) is 11.1 Å². The lowest BCUT2D eigenvalue weighted by Gasteiger charge is -2.08. The Balaban J connectivity index is 2.34. The first-order valence-corrected chi connectivity index (χ1v) is 6.36. The van der Waals surface area contributed by atoms with Crippen LogP contribution < -0.4 is 11.1 Å². The summed E-state index contributed by atoms with van der Waals surface area (Å²) >= 11 is 0. The summed E-state index contributed by atoms with van der Waals surface area (Å²) in [5, 5.41) is 2.60. The number of nitrogens with two attached hydrogens (primary N) is 1. The Morgan fingerprint density at radius 2 is 1.76 bits per heavy atom. The fraction of sp³-hybridized carbons (Fsp3) is 0.125. The highest BCUT2D eigenvalue weighted by Crippen LogP contribution is 2.21. The van der Waals surface area contributed by atoms with Gasteiger partial charge in [-0.05, 0) is 48.9 Å². The number of anilines is 2. The Kier molecular flexibility index (Phi) is 4.03. The zero-order valence-electron chi connectivity index (χ0n) is 11.7. The van der Waals surface area contributed by atoms with Crippen LogP contribution in [0.5, 0.6) is 0 Å². The third kappa shape index (κ3) is 3.25. The molecule has 0 spiro atoms. The molecule has 5 heteroatoms. The molecule has 108 valence electrons. The van der Waals surface area contributed by atoms with Crippen LogP contribution in [0.3, 0.4) is 0 Å². The van der Waals surface area contributed by atoms with Gasteiger partial charge >= 0.3 is 0 Å². The molecule has 0 aliphatic rings. The molecule has 3 N–H and O–H groups in total. The maximum Gasteiger partial charge on any atom is 0.221 e. The highest BCUT2D eigenvalue weighted by molar-refractivity contribution is 6.10. The van der Waals surface area contributed by atoms with Crippen molar-refractivity contribution in [3.63, 3.8) is 0 Å². The molecule has 1 amide bonds. The van der Waals surface area contributed by atoms with Crippen molar-refractivity contribution in [2.45, 2.75) is 13.8 Å². The average molecular weight is 286 g/mol. The van der Waals surface area contributed by atoms with Crippen molar-refractivity contribution in [3.8, 4) is 0 Å². The van der Waals surface area contributed by atoms with E-state index in [0.29, 0.717) is 22.5 Å². The van der Waals surface area contributed by atoms with E-state index in [4.69, 9.17) is 5.73 Å². The minimum absolute atomic E-state index is 0.0558. The largest absolute Gasteiger partial charge is 0.399 e. The van der Waals surface area contributed by atoms with Gasteiger partial charge in [0.1, 0.15) is 5.82 Å². The molecule has 0 aromatic heterocycles. The number of nitrogen functional groups attached to an aromatic ring is 1. The third-order valence-corrected chi connectivity index (χ3v) is 2.99. The van der Waals surface area contributed by atoms with Crippen molar-refractivity contribution >= 4 is 23.1 Å². The van der Waals surface area contributed by atoms with E-state index in [1.807, 2.05) is 0 Å². The Morgan fingerprint density at radius 3 is 2.33 bits per heavy atom. The van der Waals surface area contributed by atoms with Gasteiger partial charge in [-0.2, -0.15) is 0 Å². The summed E-state index contributed by atoms with van der Waals surface area (Å²) in [7, 11) is 0. The van der Waals surface area contributed by atoms with Gasteiger partial charge in [0.15, 0.2) is 5.78 Å². The van der Waals surface area contributed by atoms with Gasteiger partial charge in [0.25, 0.3) is 0 Å². The van der Waals surface area contributed by atoms with Crippen LogP contribution in [0.2, 0.25) is 0 Å². The van der Waals surface area contributed by atoms with E-state index in [1.54, 1.807) is 19.1 Å². The predicted octanol–water partition coefficient (Wildman–Crippen LogP) is 2.91. The molecule has 0 saturated heterocycles. The topological polar surface area (TPSA) is 72.2 Å². The average Bonchev–Trinajstić information content (AvgIpc) is 2.42. The van der Waals surface area contributed by atoms with Crippen molar-refractivity contribution in [1.82, 2.24) is 0 Å². The first kappa shape index (κ1) is 14.7. The smallest absolute Gasteiger partial charge is 0.221 e. The number of hydrogen-bond acceptors (Lipinski definition) is 3. The summed E-state index contributed by atoms with van der Waals surface area (Å²) in [6.07, 6.45) is 0. The number of aryl methyl sites for hydroxylation is 1. The molecule has 0 atom stereocenters. The van der Waals surface area contributed by atoms with Crippen molar-refractivity contribution < 1.29 is 14.0 Å². The number of carbonyl (C=O) groups is 2. The second kappa shape index (κ2) is 5.75. The molecule has 2 rings (SSSR count). The third-order valence-electron chi connectivity index (χ3n) is 2.99. The zero-order valence-corrected chi connectivity index (χ0v) is 11.7. The number of carbonyl (C=O) groups excluding carboxylic acids is 2. The highest BCUT2D eigenvalue weighted by Gasteiger charge is 2.16. The molecule has 2 aromatic carbocycles. The highest BCUT2D eigenvalue weighted by atomic mass is 19.1. The monoisotopic (exact) mass is 286 g/mol. The number of amides is 1. The fourth-order valence-corrected chi connectivity index (χ4v) is 2.03. The normalized spacial score (nSPS) is 10.2. The molecule has 0 heterocycles. The van der Waals surface area contributed by atoms with Gasteiger partial charge in [0.2, 0.25) is 5.91 Å². The summed E-state index contributed by atoms with van der Waals surface area (Å²) in [5.41, 5.74) is 7.17. The van der Waals surface area contributed by atoms with Crippen LogP contribution in [0.4, 0.5) is 15.8 Å². The predicted molar refractivity (Wildman–Crippen MR) is 79.7 cm³/mol. The van der Waals surface area contributed by atoms with Crippen molar-refractivity contribution in [3.05, 3.63) is 58.9 Å². The van der Waals surface area contributed by atoms with Gasteiger partial charge < -0.3 is 11.1 Å². The maximum atomic E-state index is 14.0. The first-order chi connectivity index (χ1) is 9.88. The quantitative estimate of drug-likeness (QED) is 0.673. The van der Waals surface area contributed by atoms with Gasteiger partial charge in [0.05, 0.1) is 5.56 Å². The second-order valence-electron chi connectivity index (χ2n) is 4.79. The SMILES string of the molecule is CC(=O)Nc1ccc(C(=O)c2cc(N)cc(C)c2F)cc1. The molecule has 0 aliphatic carbocycles. The van der Waals surface area contributed by atoms with E-state index in [-0.39, 0.29) is 11.5 Å². The number of halogens is 1. The maximum absolute atomic E-state index is 14.0. The van der Waals surface area contributed by atoms with E-state index < -0.39 is 11.6 Å².